The fourth-order valence-electron chi connectivity index (χ4n) is 3.01. The van der Waals surface area contributed by atoms with Crippen molar-refractivity contribution >= 4 is 34.2 Å². The van der Waals surface area contributed by atoms with Gasteiger partial charge in [-0.15, -0.1) is 0 Å². The second kappa shape index (κ2) is 8.45. The van der Waals surface area contributed by atoms with Crippen molar-refractivity contribution in [1.82, 2.24) is 4.90 Å². The molecule has 3 rings (SSSR count). The maximum Gasteiger partial charge on any atom is 0.228 e. The van der Waals surface area contributed by atoms with Crippen molar-refractivity contribution in [2.45, 2.75) is 31.7 Å². The molecule has 0 spiro atoms. The van der Waals surface area contributed by atoms with Crippen molar-refractivity contribution in [1.29, 1.82) is 0 Å². The summed E-state index contributed by atoms with van der Waals surface area (Å²) in [4.78, 5) is 14.5. The van der Waals surface area contributed by atoms with E-state index in [1.165, 1.54) is 11.1 Å². The van der Waals surface area contributed by atoms with Gasteiger partial charge in [0.2, 0.25) is 5.91 Å². The van der Waals surface area contributed by atoms with Crippen LogP contribution in [-0.4, -0.2) is 26.9 Å². The van der Waals surface area contributed by atoms with Crippen molar-refractivity contribution < 1.29 is 4.79 Å². The first kappa shape index (κ1) is 17.2. The van der Waals surface area contributed by atoms with Crippen molar-refractivity contribution in [2.24, 2.45) is 0 Å². The summed E-state index contributed by atoms with van der Waals surface area (Å²) in [5, 5.41) is 0. The van der Waals surface area contributed by atoms with E-state index in [0.717, 1.165) is 29.3 Å². The molecule has 1 atom stereocenters. The molecule has 1 aliphatic heterocycles. The number of amides is 1. The van der Waals surface area contributed by atoms with Crippen molar-refractivity contribution in [2.75, 3.05) is 5.75 Å². The van der Waals surface area contributed by atoms with Crippen LogP contribution >= 0.6 is 24.0 Å². The van der Waals surface area contributed by atoms with Gasteiger partial charge in [0.1, 0.15) is 4.32 Å². The van der Waals surface area contributed by atoms with Gasteiger partial charge in [-0.25, -0.2) is 0 Å². The smallest absolute Gasteiger partial charge is 0.228 e. The van der Waals surface area contributed by atoms with E-state index in [4.69, 9.17) is 12.2 Å². The van der Waals surface area contributed by atoms with E-state index in [-0.39, 0.29) is 11.9 Å². The lowest BCUT2D eigenvalue weighted by Crippen LogP contribution is -2.39. The lowest BCUT2D eigenvalue weighted by atomic mass is 10.0. The summed E-state index contributed by atoms with van der Waals surface area (Å²) in [7, 11) is 0. The van der Waals surface area contributed by atoms with Gasteiger partial charge in [-0.05, 0) is 30.4 Å². The van der Waals surface area contributed by atoms with Crippen LogP contribution in [0.4, 0.5) is 0 Å². The first-order chi connectivity index (χ1) is 11.7. The molecule has 0 radical (unpaired) electrons. The summed E-state index contributed by atoms with van der Waals surface area (Å²) in [6.07, 6.45) is 3.23. The Kier molecular flexibility index (Phi) is 6.05. The Morgan fingerprint density at radius 2 is 1.67 bits per heavy atom. The van der Waals surface area contributed by atoms with Crippen LogP contribution < -0.4 is 0 Å². The molecule has 1 fully saturated rings. The molecule has 24 heavy (non-hydrogen) atoms. The molecule has 0 aromatic heterocycles. The molecular formula is C20H21NOS2. The minimum atomic E-state index is 0.168. The zero-order chi connectivity index (χ0) is 16.8. The molecular weight excluding hydrogens is 334 g/mol. The summed E-state index contributed by atoms with van der Waals surface area (Å²) in [6, 6.07) is 20.8. The Morgan fingerprint density at radius 3 is 2.33 bits per heavy atom. The minimum absolute atomic E-state index is 0.168. The lowest BCUT2D eigenvalue weighted by Gasteiger charge is -2.23. The molecule has 2 aromatic rings. The number of thiocarbonyl (C=S) groups is 1. The number of hydrogen-bond donors (Lipinski definition) is 0. The molecule has 1 heterocycles. The maximum absolute atomic E-state index is 12.7. The van der Waals surface area contributed by atoms with E-state index in [9.17, 15) is 4.79 Å². The Morgan fingerprint density at radius 1 is 1.04 bits per heavy atom. The van der Waals surface area contributed by atoms with Crippen LogP contribution in [0.3, 0.4) is 0 Å². The van der Waals surface area contributed by atoms with Gasteiger partial charge in [-0.1, -0.05) is 84.6 Å². The van der Waals surface area contributed by atoms with E-state index in [1.807, 2.05) is 41.3 Å². The molecule has 0 saturated carbocycles. The largest absolute Gasteiger partial charge is 0.293 e. The molecule has 0 unspecified atom stereocenters. The molecule has 1 saturated heterocycles. The van der Waals surface area contributed by atoms with Crippen LogP contribution in [0.1, 0.15) is 24.0 Å². The highest BCUT2D eigenvalue weighted by Gasteiger charge is 2.33. The molecule has 2 aromatic carbocycles. The maximum atomic E-state index is 12.7. The van der Waals surface area contributed by atoms with E-state index in [2.05, 4.69) is 24.3 Å². The third-order valence-electron chi connectivity index (χ3n) is 4.24. The average Bonchev–Trinajstić information content (AvgIpc) is 2.97. The second-order valence-electron chi connectivity index (χ2n) is 6.02. The second-order valence-corrected chi connectivity index (χ2v) is 7.68. The van der Waals surface area contributed by atoms with Gasteiger partial charge in [-0.2, -0.15) is 0 Å². The van der Waals surface area contributed by atoms with Crippen LogP contribution in [0.2, 0.25) is 0 Å². The zero-order valence-corrected chi connectivity index (χ0v) is 15.2. The quantitative estimate of drug-likeness (QED) is 0.713. The normalized spacial score (nSPS) is 17.2. The first-order valence-electron chi connectivity index (χ1n) is 8.30. The lowest BCUT2D eigenvalue weighted by molar-refractivity contribution is -0.128. The minimum Gasteiger partial charge on any atom is -0.293 e. The van der Waals surface area contributed by atoms with E-state index < -0.39 is 0 Å². The van der Waals surface area contributed by atoms with Crippen LogP contribution in [0.25, 0.3) is 0 Å². The van der Waals surface area contributed by atoms with Crippen molar-refractivity contribution in [3.63, 3.8) is 0 Å². The first-order valence-corrected chi connectivity index (χ1v) is 9.70. The van der Waals surface area contributed by atoms with Gasteiger partial charge >= 0.3 is 0 Å². The highest BCUT2D eigenvalue weighted by atomic mass is 32.2. The third kappa shape index (κ3) is 4.46. The Hall–Kier alpha value is -1.65. The molecule has 2 nitrogen and oxygen atoms in total. The number of rotatable bonds is 6. The van der Waals surface area contributed by atoms with Crippen LogP contribution in [0.5, 0.6) is 0 Å². The molecule has 0 N–H and O–H groups in total. The molecule has 4 heteroatoms. The van der Waals surface area contributed by atoms with Gasteiger partial charge in [0, 0.05) is 12.2 Å². The highest BCUT2D eigenvalue weighted by Crippen LogP contribution is 2.28. The van der Waals surface area contributed by atoms with Crippen LogP contribution in [-0.2, 0) is 17.6 Å². The van der Waals surface area contributed by atoms with E-state index in [1.54, 1.807) is 11.8 Å². The van der Waals surface area contributed by atoms with Gasteiger partial charge in [0.15, 0.2) is 0 Å². The van der Waals surface area contributed by atoms with Gasteiger partial charge < -0.3 is 0 Å². The number of thioether (sulfide) groups is 1. The molecule has 1 amide bonds. The van der Waals surface area contributed by atoms with Crippen molar-refractivity contribution in [3.8, 4) is 0 Å². The van der Waals surface area contributed by atoms with E-state index >= 15 is 0 Å². The topological polar surface area (TPSA) is 20.3 Å². The highest BCUT2D eigenvalue weighted by molar-refractivity contribution is 8.23. The molecule has 1 aliphatic rings. The molecule has 124 valence electrons. The van der Waals surface area contributed by atoms with Gasteiger partial charge in [-0.3, -0.25) is 9.69 Å². The molecule has 0 aliphatic carbocycles. The summed E-state index contributed by atoms with van der Waals surface area (Å²) in [5.74, 6) is 1.07. The van der Waals surface area contributed by atoms with Gasteiger partial charge in [0.25, 0.3) is 0 Å². The number of carbonyl (C=O) groups is 1. The Bertz CT molecular complexity index is 687. The van der Waals surface area contributed by atoms with Crippen LogP contribution in [0, 0.1) is 0 Å². The summed E-state index contributed by atoms with van der Waals surface area (Å²) < 4.78 is 0.737. The number of benzene rings is 2. The standard InChI is InChI=1S/C20H21NOS2/c22-19(13-7-12-16-8-3-1-4-9-16)21-18(15-24-20(21)23)14-17-10-5-2-6-11-17/h1-6,8-11,18H,7,12-15H2/t18-/m0/s1. The van der Waals surface area contributed by atoms with E-state index in [0.29, 0.717) is 6.42 Å². The number of nitrogens with zero attached hydrogens (tertiary/aromatic N) is 1. The third-order valence-corrected chi connectivity index (χ3v) is 5.79. The fourth-order valence-corrected chi connectivity index (χ4v) is 4.46. The SMILES string of the molecule is O=C(CCCc1ccccc1)N1C(=S)SC[C@@H]1Cc1ccccc1. The number of aryl methyl sites for hydroxylation is 1. The zero-order valence-electron chi connectivity index (χ0n) is 13.6. The number of carbonyl (C=O) groups excluding carboxylic acids is 1. The van der Waals surface area contributed by atoms with Crippen molar-refractivity contribution in [3.05, 3.63) is 71.8 Å². The fraction of sp³-hybridized carbons (Fsp3) is 0.300. The Balaban J connectivity index is 1.56. The number of hydrogen-bond acceptors (Lipinski definition) is 3. The summed E-state index contributed by atoms with van der Waals surface area (Å²) in [5.41, 5.74) is 2.54. The summed E-state index contributed by atoms with van der Waals surface area (Å²) >= 11 is 7.05. The van der Waals surface area contributed by atoms with Gasteiger partial charge in [0.05, 0.1) is 6.04 Å². The van der Waals surface area contributed by atoms with Crippen LogP contribution in [0.15, 0.2) is 60.7 Å². The predicted molar refractivity (Wildman–Crippen MR) is 105 cm³/mol. The predicted octanol–water partition coefficient (Wildman–Crippen LogP) is 4.48. The Labute approximate surface area is 153 Å². The average molecular weight is 356 g/mol. The summed E-state index contributed by atoms with van der Waals surface area (Å²) in [6.45, 7) is 0. The molecule has 0 bridgehead atoms. The monoisotopic (exact) mass is 355 g/mol.